The second kappa shape index (κ2) is 4.62. The maximum Gasteiger partial charge on any atom is 0.362 e. The molecule has 0 aliphatic heterocycles. The number of aryl methyl sites for hydroxylation is 1. The number of H-pyrrole nitrogens is 1. The molecule has 1 heterocycles. The lowest BCUT2D eigenvalue weighted by molar-refractivity contribution is -0.377. The number of rotatable bonds is 2. The van der Waals surface area contributed by atoms with Crippen molar-refractivity contribution in [2.24, 2.45) is 0 Å². The zero-order chi connectivity index (χ0) is 13.1. The molecule has 0 unspecified atom stereocenters. The Bertz CT molecular complexity index is 610. The van der Waals surface area contributed by atoms with Crippen LogP contribution in [0.2, 0.25) is 0 Å². The second-order valence-electron chi connectivity index (χ2n) is 3.53. The van der Waals surface area contributed by atoms with Crippen LogP contribution in [0.15, 0.2) is 40.9 Å². The standard InChI is InChI=1S/C10H10N5O3/c1-7-12-13-10(16)14(7)11-6-8-2-4-9(5-3-8)15(17)18/h2-6,11H,1H3,(H-,13,16,17,18)/q-1. The van der Waals surface area contributed by atoms with Crippen molar-refractivity contribution in [1.29, 1.82) is 0 Å². The van der Waals surface area contributed by atoms with Crippen molar-refractivity contribution in [3.63, 3.8) is 0 Å². The maximum absolute atomic E-state index is 11.3. The summed E-state index contributed by atoms with van der Waals surface area (Å²) in [6.45, 7) is 1.66. The van der Waals surface area contributed by atoms with E-state index in [1.807, 2.05) is 0 Å². The van der Waals surface area contributed by atoms with E-state index in [0.717, 1.165) is 0 Å². The molecule has 8 heteroatoms. The molecule has 0 aromatic carbocycles. The van der Waals surface area contributed by atoms with Crippen LogP contribution >= 0.6 is 0 Å². The largest absolute Gasteiger partial charge is 0.612 e. The zero-order valence-electron chi connectivity index (χ0n) is 9.45. The van der Waals surface area contributed by atoms with Crippen molar-refractivity contribution in [2.45, 2.75) is 6.92 Å². The summed E-state index contributed by atoms with van der Waals surface area (Å²) in [6, 6.07) is 0. The average Bonchev–Trinajstić information content (AvgIpc) is 2.67. The summed E-state index contributed by atoms with van der Waals surface area (Å²) in [7, 11) is 0. The Morgan fingerprint density at radius 3 is 2.56 bits per heavy atom. The molecule has 1 aliphatic rings. The number of hydrogen-bond donors (Lipinski definition) is 2. The smallest absolute Gasteiger partial charge is 0.362 e. The van der Waals surface area contributed by atoms with Gasteiger partial charge in [0.05, 0.1) is 0 Å². The minimum Gasteiger partial charge on any atom is -0.612 e. The second-order valence-corrected chi connectivity index (χ2v) is 3.53. The first-order chi connectivity index (χ1) is 8.58. The number of hydrogen-bond acceptors (Lipinski definition) is 5. The van der Waals surface area contributed by atoms with Gasteiger partial charge in [-0.25, -0.2) is 9.89 Å². The highest BCUT2D eigenvalue weighted by Crippen LogP contribution is 2.05. The Hall–Kier alpha value is -2.77. The van der Waals surface area contributed by atoms with Gasteiger partial charge in [0, 0.05) is 18.4 Å². The lowest BCUT2D eigenvalue weighted by Crippen LogP contribution is -2.24. The third kappa shape index (κ3) is 2.32. The molecule has 2 N–H and O–H groups in total. The molecule has 8 nitrogen and oxygen atoms in total. The molecule has 94 valence electrons. The van der Waals surface area contributed by atoms with Gasteiger partial charge in [-0.1, -0.05) is 0 Å². The van der Waals surface area contributed by atoms with Gasteiger partial charge in [-0.05, 0) is 24.6 Å². The van der Waals surface area contributed by atoms with E-state index < -0.39 is 4.90 Å². The Morgan fingerprint density at radius 1 is 1.39 bits per heavy atom. The average molecular weight is 248 g/mol. The van der Waals surface area contributed by atoms with Crippen molar-refractivity contribution in [3.8, 4) is 0 Å². The van der Waals surface area contributed by atoms with E-state index in [-0.39, 0.29) is 11.4 Å². The van der Waals surface area contributed by atoms with Crippen LogP contribution in [-0.2, 0) is 0 Å². The fourth-order valence-electron chi connectivity index (χ4n) is 1.36. The number of nitrogens with one attached hydrogen (secondary N) is 2. The molecule has 0 bridgehead atoms. The molecule has 1 aromatic rings. The predicted octanol–water partition coefficient (Wildman–Crippen LogP) is -0.118. The van der Waals surface area contributed by atoms with Gasteiger partial charge in [-0.2, -0.15) is 14.7 Å². The van der Waals surface area contributed by atoms with Gasteiger partial charge in [-0.3, -0.25) is 5.43 Å². The van der Waals surface area contributed by atoms with Gasteiger partial charge in [0.25, 0.3) is 0 Å². The fraction of sp³-hybridized carbons (Fsp3) is 0.100. The number of allylic oxidation sites excluding steroid dienone is 5. The minimum absolute atomic E-state index is 0.0174. The molecule has 1 aromatic heterocycles. The Balaban J connectivity index is 2.14. The highest BCUT2D eigenvalue weighted by molar-refractivity contribution is 6.02. The summed E-state index contributed by atoms with van der Waals surface area (Å²) >= 11 is 0. The van der Waals surface area contributed by atoms with Gasteiger partial charge < -0.3 is 10.4 Å². The van der Waals surface area contributed by atoms with Gasteiger partial charge in [-0.15, -0.1) is 0 Å². The SMILES string of the molecule is Cc1n[nH]c(=O)n1NC=C1C=CC(=[N+]([O-])[O-])C=C1. The maximum atomic E-state index is 11.3. The van der Waals surface area contributed by atoms with Crippen molar-refractivity contribution >= 4 is 5.71 Å². The minimum atomic E-state index is -0.470. The molecule has 2 rings (SSSR count). The van der Waals surface area contributed by atoms with Crippen LogP contribution in [0, 0.1) is 17.3 Å². The van der Waals surface area contributed by atoms with Crippen LogP contribution in [0.4, 0.5) is 0 Å². The van der Waals surface area contributed by atoms with Crippen LogP contribution in [0.3, 0.4) is 0 Å². The normalized spacial score (nSPS) is 13.8. The van der Waals surface area contributed by atoms with Gasteiger partial charge in [0.1, 0.15) is 0 Å². The summed E-state index contributed by atoms with van der Waals surface area (Å²) in [5, 5.41) is 26.9. The summed E-state index contributed by atoms with van der Waals surface area (Å²) < 4.78 is 1.22. The first-order valence-corrected chi connectivity index (χ1v) is 5.06. The zero-order valence-corrected chi connectivity index (χ0v) is 9.45. The summed E-state index contributed by atoms with van der Waals surface area (Å²) in [6.07, 6.45) is 7.47. The molecular weight excluding hydrogens is 238 g/mol. The van der Waals surface area contributed by atoms with E-state index in [1.165, 1.54) is 16.8 Å². The van der Waals surface area contributed by atoms with E-state index in [2.05, 4.69) is 15.6 Å². The third-order valence-corrected chi connectivity index (χ3v) is 2.30. The summed E-state index contributed by atoms with van der Waals surface area (Å²) in [5.41, 5.74) is 3.08. The molecule has 0 fully saturated rings. The molecule has 0 atom stereocenters. The molecule has 0 amide bonds. The molecular formula is C10H10N5O3-. The molecule has 18 heavy (non-hydrogen) atoms. The van der Waals surface area contributed by atoms with Crippen LogP contribution in [0.5, 0.6) is 0 Å². The van der Waals surface area contributed by atoms with Crippen LogP contribution < -0.4 is 11.1 Å². The lowest BCUT2D eigenvalue weighted by atomic mass is 10.1. The highest BCUT2D eigenvalue weighted by atomic mass is 16.8. The summed E-state index contributed by atoms with van der Waals surface area (Å²) in [4.78, 5) is 10.8. The van der Waals surface area contributed by atoms with Crippen molar-refractivity contribution in [1.82, 2.24) is 14.9 Å². The Labute approximate surface area is 101 Å². The quantitative estimate of drug-likeness (QED) is 0.559. The van der Waals surface area contributed by atoms with E-state index in [9.17, 15) is 15.2 Å². The molecule has 1 aliphatic carbocycles. The van der Waals surface area contributed by atoms with E-state index >= 15 is 0 Å². The Kier molecular flexibility index (Phi) is 3.00. The first kappa shape index (κ1) is 11.7. The number of aromatic nitrogens is 3. The first-order valence-electron chi connectivity index (χ1n) is 5.06. The van der Waals surface area contributed by atoms with Gasteiger partial charge in [0.15, 0.2) is 5.82 Å². The summed E-state index contributed by atoms with van der Waals surface area (Å²) in [5.74, 6) is 0.484. The van der Waals surface area contributed by atoms with E-state index in [0.29, 0.717) is 11.4 Å². The highest BCUT2D eigenvalue weighted by Gasteiger charge is 2.04. The van der Waals surface area contributed by atoms with Crippen LogP contribution in [0.25, 0.3) is 0 Å². The fourth-order valence-corrected chi connectivity index (χ4v) is 1.36. The third-order valence-electron chi connectivity index (χ3n) is 2.30. The van der Waals surface area contributed by atoms with Gasteiger partial charge in [0.2, 0.25) is 5.71 Å². The van der Waals surface area contributed by atoms with Crippen molar-refractivity contribution in [2.75, 3.05) is 5.43 Å². The molecule has 0 saturated carbocycles. The van der Waals surface area contributed by atoms with E-state index in [1.54, 1.807) is 25.3 Å². The number of aromatic amines is 1. The molecule has 0 saturated heterocycles. The van der Waals surface area contributed by atoms with Crippen molar-refractivity contribution < 1.29 is 4.90 Å². The number of nitrogens with zero attached hydrogens (tertiary/aromatic N) is 3. The van der Waals surface area contributed by atoms with Crippen LogP contribution in [-0.4, -0.2) is 25.5 Å². The van der Waals surface area contributed by atoms with Crippen molar-refractivity contribution in [3.05, 3.63) is 62.8 Å². The Morgan fingerprint density at radius 2 is 2.06 bits per heavy atom. The van der Waals surface area contributed by atoms with Crippen LogP contribution in [0.1, 0.15) is 5.82 Å². The molecule has 0 radical (unpaired) electrons. The van der Waals surface area contributed by atoms with E-state index in [4.69, 9.17) is 0 Å². The predicted molar refractivity (Wildman–Crippen MR) is 65.3 cm³/mol. The van der Waals surface area contributed by atoms with Gasteiger partial charge >= 0.3 is 5.69 Å². The topological polar surface area (TPSA) is 112 Å². The lowest BCUT2D eigenvalue weighted by Gasteiger charge is -2.08. The monoisotopic (exact) mass is 248 g/mol. The molecule has 0 spiro atoms.